The van der Waals surface area contributed by atoms with Gasteiger partial charge in [-0.1, -0.05) is 145 Å². The van der Waals surface area contributed by atoms with Gasteiger partial charge in [-0.25, -0.2) is 0 Å². The molecular weight excluding hydrogens is 825 g/mol. The molecule has 0 aliphatic heterocycles. The Balaban J connectivity index is 1.12. The number of nitrogens with zero attached hydrogens (tertiary/aromatic N) is 2. The monoisotopic (exact) mass is 882 g/mol. The first-order valence-corrected chi connectivity index (χ1v) is 24.3. The summed E-state index contributed by atoms with van der Waals surface area (Å²) in [5.74, 6) is 0. The molecule has 334 valence electrons. The maximum Gasteiger partial charge on any atom is 0.137 e. The third kappa shape index (κ3) is 6.69. The van der Waals surface area contributed by atoms with Crippen molar-refractivity contribution in [3.05, 3.63) is 226 Å². The fourth-order valence-corrected chi connectivity index (χ4v) is 11.7. The van der Waals surface area contributed by atoms with Crippen molar-refractivity contribution in [3.8, 4) is 11.1 Å². The Labute approximate surface area is 401 Å². The van der Waals surface area contributed by atoms with Crippen molar-refractivity contribution < 1.29 is 4.42 Å². The van der Waals surface area contributed by atoms with E-state index < -0.39 is 0 Å². The van der Waals surface area contributed by atoms with Crippen LogP contribution in [0.4, 0.5) is 34.1 Å². The van der Waals surface area contributed by atoms with E-state index in [9.17, 15) is 0 Å². The van der Waals surface area contributed by atoms with E-state index >= 15 is 0 Å². The quantitative estimate of drug-likeness (QED) is 0.166. The van der Waals surface area contributed by atoms with E-state index in [-0.39, 0.29) is 16.2 Å². The topological polar surface area (TPSA) is 19.6 Å². The van der Waals surface area contributed by atoms with Crippen LogP contribution in [0.3, 0.4) is 0 Å². The molecule has 1 aromatic heterocycles. The van der Waals surface area contributed by atoms with Crippen molar-refractivity contribution in [2.75, 3.05) is 9.80 Å². The van der Waals surface area contributed by atoms with E-state index in [4.69, 9.17) is 4.42 Å². The molecule has 3 nitrogen and oxygen atoms in total. The average Bonchev–Trinajstić information content (AvgIpc) is 3.82. The minimum Gasteiger partial charge on any atom is -0.456 e. The lowest BCUT2D eigenvalue weighted by Gasteiger charge is -2.40. The summed E-state index contributed by atoms with van der Waals surface area (Å²) >= 11 is 0. The van der Waals surface area contributed by atoms with E-state index in [0.717, 1.165) is 52.1 Å². The molecule has 0 N–H and O–H groups in total. The van der Waals surface area contributed by atoms with Crippen LogP contribution in [0.5, 0.6) is 0 Å². The largest absolute Gasteiger partial charge is 0.456 e. The van der Waals surface area contributed by atoms with Crippen molar-refractivity contribution in [3.63, 3.8) is 0 Å². The fourth-order valence-electron chi connectivity index (χ4n) is 11.7. The van der Waals surface area contributed by atoms with Gasteiger partial charge in [0.1, 0.15) is 11.2 Å². The number of hydrogen-bond acceptors (Lipinski definition) is 3. The summed E-state index contributed by atoms with van der Waals surface area (Å²) in [6, 6.07) is 68.4. The summed E-state index contributed by atoms with van der Waals surface area (Å²) in [7, 11) is 0. The van der Waals surface area contributed by atoms with Crippen LogP contribution in [0.2, 0.25) is 0 Å². The second kappa shape index (κ2) is 15.3. The Morgan fingerprint density at radius 3 is 1.53 bits per heavy atom. The Hall–Kier alpha value is -7.36. The number of benzene rings is 9. The van der Waals surface area contributed by atoms with Gasteiger partial charge in [0.05, 0.1) is 5.69 Å². The highest BCUT2D eigenvalue weighted by atomic mass is 16.3. The average molecular weight is 883 g/mol. The Kier molecular flexibility index (Phi) is 9.48. The van der Waals surface area contributed by atoms with Crippen LogP contribution in [0.15, 0.2) is 186 Å². The SMILES string of the molecule is Cc1cccc(N(c2cccc(C(C)(C)C)c2)c2ccc3c(c2)oc2cc4c5c(c(N(c6cccc(C)c6)c6cccc(C(C)(C)C)c6)ccc5c23)CC2(C4)c3ccccc3-c3ccccc32)c1. The van der Waals surface area contributed by atoms with Gasteiger partial charge in [-0.05, 0) is 177 Å². The maximum absolute atomic E-state index is 7.16. The molecule has 0 radical (unpaired) electrons. The summed E-state index contributed by atoms with van der Waals surface area (Å²) < 4.78 is 7.16. The molecule has 1 heterocycles. The van der Waals surface area contributed by atoms with Crippen molar-refractivity contribution in [1.29, 1.82) is 0 Å². The normalized spacial score (nSPS) is 13.9. The number of fused-ring (bicyclic) bond motifs is 9. The van der Waals surface area contributed by atoms with Crippen molar-refractivity contribution in [1.82, 2.24) is 0 Å². The number of aryl methyl sites for hydroxylation is 2. The Morgan fingerprint density at radius 2 is 0.941 bits per heavy atom. The van der Waals surface area contributed by atoms with Crippen LogP contribution in [-0.4, -0.2) is 0 Å². The molecule has 1 spiro atoms. The fraction of sp³-hybridized carbons (Fsp3) is 0.200. The predicted molar refractivity (Wildman–Crippen MR) is 288 cm³/mol. The minimum absolute atomic E-state index is 0.00687. The zero-order valence-corrected chi connectivity index (χ0v) is 40.5. The molecular formula is C65H58N2O. The summed E-state index contributed by atoms with van der Waals surface area (Å²) in [5.41, 5.74) is 21.7. The van der Waals surface area contributed by atoms with Gasteiger partial charge < -0.3 is 14.2 Å². The second-order valence-electron chi connectivity index (χ2n) is 21.7. The molecule has 12 rings (SSSR count). The lowest BCUT2D eigenvalue weighted by molar-refractivity contribution is 0.513. The Bertz CT molecular complexity index is 3600. The van der Waals surface area contributed by atoms with Gasteiger partial charge in [0.25, 0.3) is 0 Å². The first kappa shape index (κ1) is 42.0. The molecule has 0 saturated heterocycles. The van der Waals surface area contributed by atoms with Crippen LogP contribution >= 0.6 is 0 Å². The molecule has 3 heteroatoms. The highest BCUT2D eigenvalue weighted by Gasteiger charge is 2.47. The molecule has 0 saturated carbocycles. The first-order chi connectivity index (χ1) is 32.7. The predicted octanol–water partition coefficient (Wildman–Crippen LogP) is 18.0. The van der Waals surface area contributed by atoms with Crippen LogP contribution in [0.25, 0.3) is 43.8 Å². The smallest absolute Gasteiger partial charge is 0.137 e. The third-order valence-electron chi connectivity index (χ3n) is 15.0. The molecule has 0 bridgehead atoms. The number of rotatable bonds is 6. The maximum atomic E-state index is 7.16. The number of anilines is 6. The van der Waals surface area contributed by atoms with E-state index in [1.807, 2.05) is 0 Å². The molecule has 0 amide bonds. The standard InChI is InChI=1S/C65H58N2O/c1-41-17-13-21-46(33-41)66(48-23-15-19-44(36-48)63(3,4)5)50-29-30-53-59(38-50)68-60-35-43-39-65(56-27-11-9-25-51(56)52-26-10-12-28-57(52)65)40-55-58(32-31-54(61(43)55)62(53)60)67(47-22-14-18-42(2)34-47)49-24-16-20-45(37-49)64(6,7)8/h9-38H,39-40H2,1-8H3. The van der Waals surface area contributed by atoms with E-state index in [2.05, 4.69) is 247 Å². The molecule has 68 heavy (non-hydrogen) atoms. The lowest BCUT2D eigenvalue weighted by atomic mass is 9.65. The lowest BCUT2D eigenvalue weighted by Crippen LogP contribution is -2.34. The highest BCUT2D eigenvalue weighted by Crippen LogP contribution is 2.58. The van der Waals surface area contributed by atoms with E-state index in [0.29, 0.717) is 0 Å². The number of hydrogen-bond donors (Lipinski definition) is 0. The first-order valence-electron chi connectivity index (χ1n) is 24.3. The third-order valence-corrected chi connectivity index (χ3v) is 15.0. The van der Waals surface area contributed by atoms with Gasteiger partial charge in [-0.15, -0.1) is 0 Å². The van der Waals surface area contributed by atoms with Gasteiger partial charge >= 0.3 is 0 Å². The van der Waals surface area contributed by atoms with Gasteiger partial charge in [0.15, 0.2) is 0 Å². The molecule has 0 fully saturated rings. The van der Waals surface area contributed by atoms with E-state index in [1.165, 1.54) is 83.2 Å². The van der Waals surface area contributed by atoms with Crippen LogP contribution in [0, 0.1) is 13.8 Å². The van der Waals surface area contributed by atoms with Crippen molar-refractivity contribution in [2.24, 2.45) is 0 Å². The minimum atomic E-state index is -0.266. The van der Waals surface area contributed by atoms with E-state index in [1.54, 1.807) is 0 Å². The Morgan fingerprint density at radius 1 is 0.426 bits per heavy atom. The van der Waals surface area contributed by atoms with Crippen LogP contribution in [-0.2, 0) is 29.1 Å². The van der Waals surface area contributed by atoms with Crippen LogP contribution in [0.1, 0.15) is 86.1 Å². The summed E-state index contributed by atoms with van der Waals surface area (Å²) in [6.07, 6.45) is 1.74. The summed E-state index contributed by atoms with van der Waals surface area (Å²) in [4.78, 5) is 4.91. The highest BCUT2D eigenvalue weighted by molar-refractivity contribution is 6.21. The molecule has 0 unspecified atom stereocenters. The van der Waals surface area contributed by atoms with Gasteiger partial charge in [0.2, 0.25) is 0 Å². The van der Waals surface area contributed by atoms with Gasteiger partial charge in [-0.2, -0.15) is 0 Å². The molecule has 10 aromatic rings. The van der Waals surface area contributed by atoms with Crippen molar-refractivity contribution >= 4 is 66.8 Å². The van der Waals surface area contributed by atoms with Crippen molar-refractivity contribution in [2.45, 2.75) is 84.5 Å². The summed E-state index contributed by atoms with van der Waals surface area (Å²) in [6.45, 7) is 18.1. The zero-order valence-electron chi connectivity index (χ0n) is 40.5. The zero-order chi connectivity index (χ0) is 46.7. The van der Waals surface area contributed by atoms with Gasteiger partial charge in [-0.3, -0.25) is 0 Å². The van der Waals surface area contributed by atoms with Gasteiger partial charge in [0, 0.05) is 50.7 Å². The van der Waals surface area contributed by atoms with Crippen LogP contribution < -0.4 is 9.80 Å². The molecule has 2 aliphatic rings. The number of furan rings is 1. The molecule has 0 atom stereocenters. The summed E-state index contributed by atoms with van der Waals surface area (Å²) in [5, 5.41) is 4.90. The second-order valence-corrected chi connectivity index (χ2v) is 21.7. The molecule has 2 aliphatic carbocycles. The molecule has 9 aromatic carbocycles.